The Morgan fingerprint density at radius 3 is 2.27 bits per heavy atom. The van der Waals surface area contributed by atoms with Crippen molar-refractivity contribution in [1.82, 2.24) is 9.80 Å². The standard InChI is InChI=1S/C7H12N2O2/c1-5(10)6-4-8(2)7(11)9(6)3/h6H,4H2,1-3H3. The lowest BCUT2D eigenvalue weighted by Crippen LogP contribution is -2.34. The number of nitrogens with zero attached hydrogens (tertiary/aromatic N) is 2. The van der Waals surface area contributed by atoms with Crippen LogP contribution in [0.25, 0.3) is 0 Å². The average molecular weight is 156 g/mol. The normalized spacial score (nSPS) is 24.6. The van der Waals surface area contributed by atoms with E-state index in [1.165, 1.54) is 11.8 Å². The predicted octanol–water partition coefficient (Wildman–Crippen LogP) is -0.0588. The molecular weight excluding hydrogens is 144 g/mol. The zero-order valence-corrected chi connectivity index (χ0v) is 7.00. The molecule has 0 aromatic heterocycles. The lowest BCUT2D eigenvalue weighted by atomic mass is 10.2. The van der Waals surface area contributed by atoms with Crippen molar-refractivity contribution < 1.29 is 9.59 Å². The number of urea groups is 1. The number of likely N-dealkylation sites (N-methyl/N-ethyl adjacent to an activating group) is 2. The zero-order valence-electron chi connectivity index (χ0n) is 7.00. The summed E-state index contributed by atoms with van der Waals surface area (Å²) in [5.41, 5.74) is 0. The van der Waals surface area contributed by atoms with E-state index >= 15 is 0 Å². The first-order chi connectivity index (χ1) is 5.04. The largest absolute Gasteiger partial charge is 0.325 e. The van der Waals surface area contributed by atoms with Crippen LogP contribution >= 0.6 is 0 Å². The van der Waals surface area contributed by atoms with Crippen LogP contribution in [0.15, 0.2) is 0 Å². The monoisotopic (exact) mass is 156 g/mol. The summed E-state index contributed by atoms with van der Waals surface area (Å²) in [6.45, 7) is 2.03. The highest BCUT2D eigenvalue weighted by molar-refractivity contribution is 5.90. The van der Waals surface area contributed by atoms with Crippen LogP contribution in [0.4, 0.5) is 4.79 Å². The van der Waals surface area contributed by atoms with Crippen LogP contribution in [0.1, 0.15) is 6.92 Å². The van der Waals surface area contributed by atoms with Crippen molar-refractivity contribution in [2.75, 3.05) is 20.6 Å². The highest BCUT2D eigenvalue weighted by atomic mass is 16.2. The Kier molecular flexibility index (Phi) is 1.85. The van der Waals surface area contributed by atoms with Gasteiger partial charge in [0.1, 0.15) is 6.04 Å². The molecule has 0 saturated carbocycles. The highest BCUT2D eigenvalue weighted by Crippen LogP contribution is 2.11. The molecule has 4 heteroatoms. The Bertz CT molecular complexity index is 203. The summed E-state index contributed by atoms with van der Waals surface area (Å²) in [5.74, 6) is 0.0465. The van der Waals surface area contributed by atoms with E-state index in [-0.39, 0.29) is 17.9 Å². The molecule has 0 aromatic carbocycles. The third kappa shape index (κ3) is 1.20. The molecule has 0 spiro atoms. The summed E-state index contributed by atoms with van der Waals surface area (Å²) < 4.78 is 0. The maximum atomic E-state index is 11.1. The summed E-state index contributed by atoms with van der Waals surface area (Å²) in [6, 6.07) is -0.322. The number of rotatable bonds is 1. The predicted molar refractivity (Wildman–Crippen MR) is 40.3 cm³/mol. The van der Waals surface area contributed by atoms with E-state index in [4.69, 9.17) is 0 Å². The molecule has 0 radical (unpaired) electrons. The van der Waals surface area contributed by atoms with Crippen molar-refractivity contribution in [3.63, 3.8) is 0 Å². The molecule has 1 fully saturated rings. The van der Waals surface area contributed by atoms with Gasteiger partial charge in [0.15, 0.2) is 5.78 Å². The van der Waals surface area contributed by atoms with Crippen LogP contribution in [0, 0.1) is 0 Å². The number of Topliss-reactive ketones (excluding diaryl/α,β-unsaturated/α-hetero) is 1. The zero-order chi connectivity index (χ0) is 8.59. The summed E-state index contributed by atoms with van der Waals surface area (Å²) >= 11 is 0. The summed E-state index contributed by atoms with van der Waals surface area (Å²) in [4.78, 5) is 25.1. The fourth-order valence-corrected chi connectivity index (χ4v) is 1.26. The quantitative estimate of drug-likeness (QED) is 0.533. The van der Waals surface area contributed by atoms with Gasteiger partial charge in [-0.15, -0.1) is 0 Å². The lowest BCUT2D eigenvalue weighted by molar-refractivity contribution is -0.120. The molecule has 1 aliphatic rings. The maximum absolute atomic E-state index is 11.1. The fourth-order valence-electron chi connectivity index (χ4n) is 1.26. The summed E-state index contributed by atoms with van der Waals surface area (Å²) in [6.07, 6.45) is 0. The number of ketones is 1. The van der Waals surface area contributed by atoms with E-state index in [1.54, 1.807) is 19.0 Å². The molecule has 1 atom stereocenters. The molecule has 62 valence electrons. The Morgan fingerprint density at radius 1 is 1.55 bits per heavy atom. The van der Waals surface area contributed by atoms with Gasteiger partial charge in [0, 0.05) is 20.6 Å². The number of amides is 2. The van der Waals surface area contributed by atoms with Crippen LogP contribution in [-0.2, 0) is 4.79 Å². The topological polar surface area (TPSA) is 40.6 Å². The Hall–Kier alpha value is -1.06. The highest BCUT2D eigenvalue weighted by Gasteiger charge is 2.34. The number of hydrogen-bond acceptors (Lipinski definition) is 2. The minimum atomic E-state index is -0.243. The van der Waals surface area contributed by atoms with Gasteiger partial charge in [-0.1, -0.05) is 0 Å². The first-order valence-corrected chi connectivity index (χ1v) is 3.52. The molecule has 0 aliphatic carbocycles. The third-order valence-corrected chi connectivity index (χ3v) is 2.01. The van der Waals surface area contributed by atoms with Crippen LogP contribution in [0.2, 0.25) is 0 Å². The van der Waals surface area contributed by atoms with Crippen LogP contribution in [0.5, 0.6) is 0 Å². The molecule has 2 amide bonds. The minimum Gasteiger partial charge on any atom is -0.325 e. The smallest absolute Gasteiger partial charge is 0.320 e. The molecule has 0 bridgehead atoms. The van der Waals surface area contributed by atoms with E-state index in [1.807, 2.05) is 0 Å². The molecule has 1 aliphatic heterocycles. The van der Waals surface area contributed by atoms with Gasteiger partial charge < -0.3 is 9.80 Å². The Morgan fingerprint density at radius 2 is 2.09 bits per heavy atom. The Balaban J connectivity index is 2.75. The first kappa shape index (κ1) is 8.04. The van der Waals surface area contributed by atoms with Crippen molar-refractivity contribution in [3.8, 4) is 0 Å². The van der Waals surface area contributed by atoms with Gasteiger partial charge in [0.2, 0.25) is 0 Å². The van der Waals surface area contributed by atoms with E-state index in [9.17, 15) is 9.59 Å². The van der Waals surface area contributed by atoms with Gasteiger partial charge in [-0.2, -0.15) is 0 Å². The second-order valence-corrected chi connectivity index (χ2v) is 2.90. The van der Waals surface area contributed by atoms with Gasteiger partial charge in [-0.05, 0) is 6.92 Å². The van der Waals surface area contributed by atoms with Crippen molar-refractivity contribution in [2.24, 2.45) is 0 Å². The van der Waals surface area contributed by atoms with Crippen molar-refractivity contribution in [3.05, 3.63) is 0 Å². The third-order valence-electron chi connectivity index (χ3n) is 2.01. The van der Waals surface area contributed by atoms with Crippen LogP contribution in [-0.4, -0.2) is 48.3 Å². The second-order valence-electron chi connectivity index (χ2n) is 2.90. The molecule has 0 N–H and O–H groups in total. The van der Waals surface area contributed by atoms with Gasteiger partial charge in [0.25, 0.3) is 0 Å². The molecular formula is C7H12N2O2. The molecule has 1 saturated heterocycles. The van der Waals surface area contributed by atoms with E-state index in [0.717, 1.165) is 0 Å². The Labute approximate surface area is 65.8 Å². The molecule has 1 rings (SSSR count). The molecule has 1 unspecified atom stereocenters. The minimum absolute atomic E-state index is 0.0465. The van der Waals surface area contributed by atoms with Gasteiger partial charge >= 0.3 is 6.03 Å². The van der Waals surface area contributed by atoms with E-state index in [0.29, 0.717) is 6.54 Å². The molecule has 0 aromatic rings. The van der Waals surface area contributed by atoms with Crippen LogP contribution in [0.3, 0.4) is 0 Å². The first-order valence-electron chi connectivity index (χ1n) is 3.52. The van der Waals surface area contributed by atoms with Crippen molar-refractivity contribution in [1.29, 1.82) is 0 Å². The van der Waals surface area contributed by atoms with E-state index in [2.05, 4.69) is 0 Å². The summed E-state index contributed by atoms with van der Waals surface area (Å²) in [7, 11) is 3.35. The number of hydrogen-bond donors (Lipinski definition) is 0. The van der Waals surface area contributed by atoms with Crippen molar-refractivity contribution >= 4 is 11.8 Å². The van der Waals surface area contributed by atoms with Gasteiger partial charge in [-0.3, -0.25) is 4.79 Å². The van der Waals surface area contributed by atoms with E-state index < -0.39 is 0 Å². The van der Waals surface area contributed by atoms with Gasteiger partial charge in [0.05, 0.1) is 0 Å². The number of carbonyl (C=O) groups excluding carboxylic acids is 2. The molecule has 11 heavy (non-hydrogen) atoms. The average Bonchev–Trinajstić information content (AvgIpc) is 2.17. The number of carbonyl (C=O) groups is 2. The second kappa shape index (κ2) is 2.53. The fraction of sp³-hybridized carbons (Fsp3) is 0.714. The maximum Gasteiger partial charge on any atom is 0.320 e. The SMILES string of the molecule is CC(=O)C1CN(C)C(=O)N1C. The lowest BCUT2D eigenvalue weighted by Gasteiger charge is -2.13. The summed E-state index contributed by atoms with van der Waals surface area (Å²) in [5, 5.41) is 0. The van der Waals surface area contributed by atoms with Crippen molar-refractivity contribution in [2.45, 2.75) is 13.0 Å². The van der Waals surface area contributed by atoms with Gasteiger partial charge in [-0.25, -0.2) is 4.79 Å². The molecule has 1 heterocycles. The van der Waals surface area contributed by atoms with Crippen LogP contribution < -0.4 is 0 Å². The molecule has 4 nitrogen and oxygen atoms in total.